The van der Waals surface area contributed by atoms with Crippen LogP contribution < -0.4 is 10.0 Å². The standard InChI is InChI=1S/C19H21FN2O5S/c1-13(2)18(22-28(25,26)16-6-4-3-5-7-16)19(24)27-12-17(23)21-15-10-8-14(20)9-11-15/h3-11,13,18,22H,12H2,1-2H3,(H,21,23). The van der Waals surface area contributed by atoms with E-state index in [1.807, 2.05) is 0 Å². The second-order valence-corrected chi connectivity index (χ2v) is 8.03. The Morgan fingerprint density at radius 2 is 1.64 bits per heavy atom. The van der Waals surface area contributed by atoms with Crippen molar-refractivity contribution < 1.29 is 27.1 Å². The molecule has 0 saturated heterocycles. The van der Waals surface area contributed by atoms with Gasteiger partial charge in [0.1, 0.15) is 11.9 Å². The van der Waals surface area contributed by atoms with Crippen LogP contribution in [0, 0.1) is 11.7 Å². The molecule has 0 fully saturated rings. The molecule has 0 spiro atoms. The van der Waals surface area contributed by atoms with Crippen LogP contribution >= 0.6 is 0 Å². The van der Waals surface area contributed by atoms with Crippen molar-refractivity contribution in [3.8, 4) is 0 Å². The summed E-state index contributed by atoms with van der Waals surface area (Å²) in [6.45, 7) is 2.70. The van der Waals surface area contributed by atoms with E-state index in [0.29, 0.717) is 5.69 Å². The highest BCUT2D eigenvalue weighted by Crippen LogP contribution is 2.13. The van der Waals surface area contributed by atoms with E-state index in [1.165, 1.54) is 36.4 Å². The van der Waals surface area contributed by atoms with Gasteiger partial charge in [0.25, 0.3) is 5.91 Å². The molecule has 2 aromatic rings. The van der Waals surface area contributed by atoms with Crippen molar-refractivity contribution in [2.24, 2.45) is 5.92 Å². The van der Waals surface area contributed by atoms with Gasteiger partial charge >= 0.3 is 5.97 Å². The van der Waals surface area contributed by atoms with Gasteiger partial charge in [-0.05, 0) is 42.3 Å². The maximum atomic E-state index is 12.9. The van der Waals surface area contributed by atoms with Gasteiger partial charge in [0.05, 0.1) is 4.90 Å². The number of anilines is 1. The molecule has 1 atom stereocenters. The largest absolute Gasteiger partial charge is 0.454 e. The zero-order valence-corrected chi connectivity index (χ0v) is 16.2. The molecule has 0 bridgehead atoms. The second kappa shape index (κ2) is 9.43. The van der Waals surface area contributed by atoms with Crippen LogP contribution in [-0.2, 0) is 24.3 Å². The minimum Gasteiger partial charge on any atom is -0.454 e. The smallest absolute Gasteiger partial charge is 0.324 e. The highest BCUT2D eigenvalue weighted by atomic mass is 32.2. The molecule has 0 aliphatic heterocycles. The Kier molecular flexibility index (Phi) is 7.24. The van der Waals surface area contributed by atoms with Crippen LogP contribution in [0.15, 0.2) is 59.5 Å². The van der Waals surface area contributed by atoms with Gasteiger partial charge in [0.2, 0.25) is 10.0 Å². The molecule has 0 saturated carbocycles. The number of hydrogen-bond donors (Lipinski definition) is 2. The second-order valence-electron chi connectivity index (χ2n) is 6.32. The zero-order chi connectivity index (χ0) is 20.7. The minimum absolute atomic E-state index is 0.0162. The van der Waals surface area contributed by atoms with Gasteiger partial charge in [-0.25, -0.2) is 12.8 Å². The summed E-state index contributed by atoms with van der Waals surface area (Å²) in [6, 6.07) is 11.5. The Morgan fingerprint density at radius 3 is 2.21 bits per heavy atom. The fourth-order valence-electron chi connectivity index (χ4n) is 2.25. The third-order valence-electron chi connectivity index (χ3n) is 3.73. The Hall–Kier alpha value is -2.78. The van der Waals surface area contributed by atoms with Crippen LogP contribution in [0.5, 0.6) is 0 Å². The normalized spacial score (nSPS) is 12.4. The van der Waals surface area contributed by atoms with Crippen molar-refractivity contribution in [2.45, 2.75) is 24.8 Å². The molecule has 28 heavy (non-hydrogen) atoms. The van der Waals surface area contributed by atoms with E-state index in [0.717, 1.165) is 0 Å². The number of hydrogen-bond acceptors (Lipinski definition) is 5. The lowest BCUT2D eigenvalue weighted by Gasteiger charge is -2.20. The number of sulfonamides is 1. The first-order chi connectivity index (χ1) is 13.2. The van der Waals surface area contributed by atoms with Crippen molar-refractivity contribution in [1.29, 1.82) is 0 Å². The number of benzene rings is 2. The molecule has 2 rings (SSSR count). The average Bonchev–Trinajstić information content (AvgIpc) is 2.66. The summed E-state index contributed by atoms with van der Waals surface area (Å²) in [5, 5.41) is 2.45. The number of esters is 1. The summed E-state index contributed by atoms with van der Waals surface area (Å²) in [7, 11) is -3.93. The van der Waals surface area contributed by atoms with Gasteiger partial charge in [0.15, 0.2) is 6.61 Å². The molecular weight excluding hydrogens is 387 g/mol. The summed E-state index contributed by atoms with van der Waals surface area (Å²) in [5.74, 6) is -2.36. The van der Waals surface area contributed by atoms with Gasteiger partial charge in [-0.15, -0.1) is 0 Å². The van der Waals surface area contributed by atoms with E-state index in [1.54, 1.807) is 32.0 Å². The fourth-order valence-corrected chi connectivity index (χ4v) is 3.60. The van der Waals surface area contributed by atoms with Crippen LogP contribution in [-0.4, -0.2) is 32.9 Å². The molecule has 2 N–H and O–H groups in total. The van der Waals surface area contributed by atoms with Gasteiger partial charge in [-0.1, -0.05) is 32.0 Å². The third kappa shape index (κ3) is 6.14. The van der Waals surface area contributed by atoms with Crippen molar-refractivity contribution in [1.82, 2.24) is 4.72 Å². The lowest BCUT2D eigenvalue weighted by atomic mass is 10.1. The lowest BCUT2D eigenvalue weighted by Crippen LogP contribution is -2.45. The molecule has 9 heteroatoms. The van der Waals surface area contributed by atoms with E-state index >= 15 is 0 Å². The maximum absolute atomic E-state index is 12.9. The van der Waals surface area contributed by atoms with Crippen LogP contribution in [0.25, 0.3) is 0 Å². The average molecular weight is 408 g/mol. The molecule has 1 amide bonds. The van der Waals surface area contributed by atoms with E-state index in [2.05, 4.69) is 10.0 Å². The summed E-state index contributed by atoms with van der Waals surface area (Å²) in [4.78, 5) is 24.2. The summed E-state index contributed by atoms with van der Waals surface area (Å²) < 4.78 is 45.0. The molecule has 1 unspecified atom stereocenters. The monoisotopic (exact) mass is 408 g/mol. The summed E-state index contributed by atoms with van der Waals surface area (Å²) in [6.07, 6.45) is 0. The van der Waals surface area contributed by atoms with Crippen molar-refractivity contribution in [3.63, 3.8) is 0 Å². The first kappa shape index (κ1) is 21.5. The van der Waals surface area contributed by atoms with Crippen LogP contribution in [0.3, 0.4) is 0 Å². The fraction of sp³-hybridized carbons (Fsp3) is 0.263. The lowest BCUT2D eigenvalue weighted by molar-refractivity contribution is -0.150. The number of ether oxygens (including phenoxy) is 1. The highest BCUT2D eigenvalue weighted by molar-refractivity contribution is 7.89. The quantitative estimate of drug-likeness (QED) is 0.653. The third-order valence-corrected chi connectivity index (χ3v) is 5.19. The van der Waals surface area contributed by atoms with Crippen molar-refractivity contribution in [3.05, 3.63) is 60.4 Å². The van der Waals surface area contributed by atoms with Gasteiger partial charge < -0.3 is 10.1 Å². The number of carbonyl (C=O) groups excluding carboxylic acids is 2. The molecule has 7 nitrogen and oxygen atoms in total. The topological polar surface area (TPSA) is 102 Å². The molecule has 2 aromatic carbocycles. The Bertz CT molecular complexity index is 915. The van der Waals surface area contributed by atoms with E-state index in [4.69, 9.17) is 4.74 Å². The molecule has 0 radical (unpaired) electrons. The first-order valence-electron chi connectivity index (χ1n) is 8.48. The molecule has 0 aliphatic rings. The van der Waals surface area contributed by atoms with Crippen LogP contribution in [0.2, 0.25) is 0 Å². The Labute approximate surface area is 163 Å². The highest BCUT2D eigenvalue weighted by Gasteiger charge is 2.30. The molecule has 0 heterocycles. The Balaban J connectivity index is 1.97. The number of nitrogens with one attached hydrogen (secondary N) is 2. The van der Waals surface area contributed by atoms with E-state index in [9.17, 15) is 22.4 Å². The number of amides is 1. The molecule has 150 valence electrons. The maximum Gasteiger partial charge on any atom is 0.324 e. The molecular formula is C19H21FN2O5S. The van der Waals surface area contributed by atoms with E-state index in [-0.39, 0.29) is 4.90 Å². The first-order valence-corrected chi connectivity index (χ1v) is 9.97. The summed E-state index contributed by atoms with van der Waals surface area (Å²) in [5.41, 5.74) is 0.340. The van der Waals surface area contributed by atoms with E-state index < -0.39 is 46.3 Å². The minimum atomic E-state index is -3.93. The molecule has 0 aliphatic carbocycles. The predicted molar refractivity (Wildman–Crippen MR) is 101 cm³/mol. The number of rotatable bonds is 8. The van der Waals surface area contributed by atoms with Crippen molar-refractivity contribution in [2.75, 3.05) is 11.9 Å². The van der Waals surface area contributed by atoms with Crippen LogP contribution in [0.4, 0.5) is 10.1 Å². The number of halogens is 1. The SMILES string of the molecule is CC(C)C(NS(=O)(=O)c1ccccc1)C(=O)OCC(=O)Nc1ccc(F)cc1. The van der Waals surface area contributed by atoms with Crippen molar-refractivity contribution >= 4 is 27.6 Å². The van der Waals surface area contributed by atoms with Crippen LogP contribution in [0.1, 0.15) is 13.8 Å². The van der Waals surface area contributed by atoms with Gasteiger partial charge in [-0.3, -0.25) is 9.59 Å². The number of carbonyl (C=O) groups is 2. The zero-order valence-electron chi connectivity index (χ0n) is 15.4. The van der Waals surface area contributed by atoms with Gasteiger partial charge in [0, 0.05) is 5.69 Å². The molecule has 0 aromatic heterocycles. The Morgan fingerprint density at radius 1 is 1.04 bits per heavy atom. The van der Waals surface area contributed by atoms with Gasteiger partial charge in [-0.2, -0.15) is 4.72 Å². The summed E-state index contributed by atoms with van der Waals surface area (Å²) >= 11 is 0. The predicted octanol–water partition coefficient (Wildman–Crippen LogP) is 2.31.